The van der Waals surface area contributed by atoms with Gasteiger partial charge < -0.3 is 10.5 Å². The molecule has 0 aliphatic rings. The Morgan fingerprint density at radius 1 is 1.35 bits per heavy atom. The molecule has 0 saturated carbocycles. The van der Waals surface area contributed by atoms with E-state index in [4.69, 9.17) is 10.5 Å². The Labute approximate surface area is 102 Å². The number of hydrogen-bond acceptors (Lipinski definition) is 2. The van der Waals surface area contributed by atoms with E-state index >= 15 is 0 Å². The van der Waals surface area contributed by atoms with Crippen LogP contribution in [0.15, 0.2) is 18.2 Å². The van der Waals surface area contributed by atoms with Gasteiger partial charge in [-0.15, -0.1) is 0 Å². The molecule has 92 valence electrons. The average Bonchev–Trinajstić information content (AvgIpc) is 2.35. The largest absolute Gasteiger partial charge is 0.478 e. The minimum atomic E-state index is -0.384. The molecule has 0 aliphatic carbocycles. The van der Waals surface area contributed by atoms with Gasteiger partial charge in [0.15, 0.2) is 11.6 Å². The molecule has 0 heterocycles. The van der Waals surface area contributed by atoms with Crippen LogP contribution in [0.1, 0.15) is 31.7 Å². The van der Waals surface area contributed by atoms with E-state index in [0.717, 1.165) is 19.3 Å². The molecule has 0 amide bonds. The Morgan fingerprint density at radius 2 is 2.18 bits per heavy atom. The number of unbranched alkanes of at least 4 members (excludes halogenated alkanes) is 2. The summed E-state index contributed by atoms with van der Waals surface area (Å²) in [5.41, 5.74) is 5.87. The van der Waals surface area contributed by atoms with E-state index in [9.17, 15) is 4.39 Å². The number of nitrogens with two attached hydrogens (primary N) is 1. The third-order valence-corrected chi connectivity index (χ3v) is 2.34. The summed E-state index contributed by atoms with van der Waals surface area (Å²) in [5.74, 6) is 5.68. The van der Waals surface area contributed by atoms with Crippen molar-refractivity contribution >= 4 is 0 Å². The van der Waals surface area contributed by atoms with Crippen molar-refractivity contribution in [1.82, 2.24) is 0 Å². The molecular formula is C14H18FNO. The van der Waals surface area contributed by atoms with E-state index in [0.29, 0.717) is 5.56 Å². The number of rotatable bonds is 5. The molecule has 0 aliphatic heterocycles. The van der Waals surface area contributed by atoms with Gasteiger partial charge in [0.1, 0.15) is 6.61 Å². The molecule has 2 nitrogen and oxygen atoms in total. The summed E-state index contributed by atoms with van der Waals surface area (Å²) in [7, 11) is 0. The zero-order valence-electron chi connectivity index (χ0n) is 10.1. The number of benzene rings is 1. The van der Waals surface area contributed by atoms with E-state index < -0.39 is 0 Å². The molecule has 1 aromatic carbocycles. The van der Waals surface area contributed by atoms with Crippen molar-refractivity contribution in [3.63, 3.8) is 0 Å². The lowest BCUT2D eigenvalue weighted by Gasteiger charge is -2.06. The standard InChI is InChI=1S/C14H18FNO/c1-2-3-4-5-6-10-17-13-9-7-8-12(11-16)14(13)15/h7-9H,2-4,10-11,16H2,1H3. The van der Waals surface area contributed by atoms with Gasteiger partial charge in [-0.2, -0.15) is 0 Å². The van der Waals surface area contributed by atoms with E-state index in [1.165, 1.54) is 0 Å². The van der Waals surface area contributed by atoms with Crippen LogP contribution in [0, 0.1) is 17.7 Å². The van der Waals surface area contributed by atoms with Crippen molar-refractivity contribution < 1.29 is 9.13 Å². The first-order valence-electron chi connectivity index (χ1n) is 5.85. The van der Waals surface area contributed by atoms with Gasteiger partial charge in [0.2, 0.25) is 0 Å². The summed E-state index contributed by atoms with van der Waals surface area (Å²) >= 11 is 0. The minimum Gasteiger partial charge on any atom is -0.478 e. The summed E-state index contributed by atoms with van der Waals surface area (Å²) in [6.07, 6.45) is 3.08. The van der Waals surface area contributed by atoms with Gasteiger partial charge in [0.05, 0.1) is 0 Å². The summed E-state index contributed by atoms with van der Waals surface area (Å²) in [5, 5.41) is 0. The molecule has 1 aromatic rings. The molecule has 1 rings (SSSR count). The highest BCUT2D eigenvalue weighted by Gasteiger charge is 2.06. The van der Waals surface area contributed by atoms with Gasteiger partial charge in [-0.3, -0.25) is 0 Å². The second-order valence-electron chi connectivity index (χ2n) is 3.68. The molecule has 0 radical (unpaired) electrons. The molecule has 0 saturated heterocycles. The van der Waals surface area contributed by atoms with Crippen LogP contribution in [0.25, 0.3) is 0 Å². The highest BCUT2D eigenvalue weighted by molar-refractivity contribution is 5.31. The van der Waals surface area contributed by atoms with Crippen LogP contribution < -0.4 is 10.5 Å². The molecule has 3 heteroatoms. The smallest absolute Gasteiger partial charge is 0.169 e. The maximum atomic E-state index is 13.6. The maximum Gasteiger partial charge on any atom is 0.169 e. The van der Waals surface area contributed by atoms with Crippen molar-refractivity contribution in [2.24, 2.45) is 5.73 Å². The van der Waals surface area contributed by atoms with E-state index in [1.54, 1.807) is 18.2 Å². The first kappa shape index (κ1) is 13.5. The second kappa shape index (κ2) is 7.70. The highest BCUT2D eigenvalue weighted by atomic mass is 19.1. The van der Waals surface area contributed by atoms with Crippen molar-refractivity contribution in [2.45, 2.75) is 32.7 Å². The lowest BCUT2D eigenvalue weighted by Crippen LogP contribution is -2.03. The van der Waals surface area contributed by atoms with Crippen LogP contribution in [-0.4, -0.2) is 6.61 Å². The Bertz CT molecular complexity index is 406. The molecule has 0 fully saturated rings. The molecule has 0 spiro atoms. The zero-order valence-corrected chi connectivity index (χ0v) is 10.1. The average molecular weight is 235 g/mol. The Hall–Kier alpha value is -1.53. The first-order valence-corrected chi connectivity index (χ1v) is 5.85. The predicted molar refractivity (Wildman–Crippen MR) is 67.1 cm³/mol. The Kier molecular flexibility index (Phi) is 6.13. The predicted octanol–water partition coefficient (Wildman–Crippen LogP) is 2.86. The molecule has 0 aromatic heterocycles. The lowest BCUT2D eigenvalue weighted by molar-refractivity contribution is 0.346. The third-order valence-electron chi connectivity index (χ3n) is 2.34. The van der Waals surface area contributed by atoms with Gasteiger partial charge in [-0.05, 0) is 12.5 Å². The third kappa shape index (κ3) is 4.46. The minimum absolute atomic E-state index is 0.172. The van der Waals surface area contributed by atoms with Gasteiger partial charge in [0.25, 0.3) is 0 Å². The van der Waals surface area contributed by atoms with Gasteiger partial charge in [0, 0.05) is 18.5 Å². The summed E-state index contributed by atoms with van der Waals surface area (Å²) < 4.78 is 18.9. The van der Waals surface area contributed by atoms with E-state index in [2.05, 4.69) is 18.8 Å². The quantitative estimate of drug-likeness (QED) is 0.629. The van der Waals surface area contributed by atoms with Crippen molar-refractivity contribution in [3.8, 4) is 17.6 Å². The van der Waals surface area contributed by atoms with Crippen LogP contribution in [0.3, 0.4) is 0 Å². The van der Waals surface area contributed by atoms with E-state index in [1.807, 2.05) is 0 Å². The fourth-order valence-corrected chi connectivity index (χ4v) is 1.34. The second-order valence-corrected chi connectivity index (χ2v) is 3.68. The maximum absolute atomic E-state index is 13.6. The van der Waals surface area contributed by atoms with Crippen LogP contribution in [-0.2, 0) is 6.54 Å². The first-order chi connectivity index (χ1) is 8.29. The summed E-state index contributed by atoms with van der Waals surface area (Å²) in [6.45, 7) is 2.51. The molecule has 0 unspecified atom stereocenters. The van der Waals surface area contributed by atoms with Gasteiger partial charge in [-0.25, -0.2) is 4.39 Å². The highest BCUT2D eigenvalue weighted by Crippen LogP contribution is 2.19. The van der Waals surface area contributed by atoms with Crippen LogP contribution in [0.4, 0.5) is 4.39 Å². The van der Waals surface area contributed by atoms with Crippen molar-refractivity contribution in [2.75, 3.05) is 6.61 Å². The monoisotopic (exact) mass is 235 g/mol. The molecule has 0 atom stereocenters. The molecule has 0 bridgehead atoms. The van der Waals surface area contributed by atoms with Crippen molar-refractivity contribution in [3.05, 3.63) is 29.6 Å². The van der Waals surface area contributed by atoms with Crippen molar-refractivity contribution in [1.29, 1.82) is 0 Å². The van der Waals surface area contributed by atoms with E-state index in [-0.39, 0.29) is 24.7 Å². The molecular weight excluding hydrogens is 217 g/mol. The zero-order chi connectivity index (χ0) is 12.5. The van der Waals surface area contributed by atoms with Crippen LogP contribution >= 0.6 is 0 Å². The topological polar surface area (TPSA) is 35.2 Å². The normalized spacial score (nSPS) is 9.59. The Morgan fingerprint density at radius 3 is 2.88 bits per heavy atom. The number of halogens is 1. The van der Waals surface area contributed by atoms with Crippen LogP contribution in [0.5, 0.6) is 5.75 Å². The molecule has 17 heavy (non-hydrogen) atoms. The Balaban J connectivity index is 2.48. The number of hydrogen-bond donors (Lipinski definition) is 1. The van der Waals surface area contributed by atoms with Gasteiger partial charge in [-0.1, -0.05) is 37.3 Å². The van der Waals surface area contributed by atoms with Crippen LogP contribution in [0.2, 0.25) is 0 Å². The lowest BCUT2D eigenvalue weighted by atomic mass is 10.2. The summed E-state index contributed by atoms with van der Waals surface area (Å²) in [6, 6.07) is 4.96. The fourth-order valence-electron chi connectivity index (χ4n) is 1.34. The fraction of sp³-hybridized carbons (Fsp3) is 0.429. The molecule has 2 N–H and O–H groups in total. The summed E-state index contributed by atoms with van der Waals surface area (Å²) in [4.78, 5) is 0. The SMILES string of the molecule is CCCCC#CCOc1cccc(CN)c1F. The number of ether oxygens (including phenoxy) is 1. The van der Waals surface area contributed by atoms with Gasteiger partial charge >= 0.3 is 0 Å².